The van der Waals surface area contributed by atoms with Gasteiger partial charge in [0.1, 0.15) is 5.60 Å². The minimum absolute atomic E-state index is 0.0220. The molecule has 4 nitrogen and oxygen atoms in total. The Bertz CT molecular complexity index is 682. The highest BCUT2D eigenvalue weighted by molar-refractivity contribution is 6.17. The molecule has 0 bridgehead atoms. The zero-order valence-corrected chi connectivity index (χ0v) is 13.5. The molecule has 118 valence electrons. The van der Waals surface area contributed by atoms with E-state index in [2.05, 4.69) is 28.5 Å². The molecule has 1 aliphatic rings. The van der Waals surface area contributed by atoms with Gasteiger partial charge in [-0.25, -0.2) is 0 Å². The Morgan fingerprint density at radius 2 is 2.27 bits per heavy atom. The Hall–Kier alpha value is -1.52. The molecule has 0 aliphatic carbocycles. The lowest BCUT2D eigenvalue weighted by atomic mass is 9.92. The fourth-order valence-corrected chi connectivity index (χ4v) is 3.22. The zero-order chi connectivity index (χ0) is 15.6. The molecule has 1 aromatic carbocycles. The van der Waals surface area contributed by atoms with E-state index >= 15 is 0 Å². The molecule has 0 saturated carbocycles. The molecule has 1 unspecified atom stereocenters. The van der Waals surface area contributed by atoms with Crippen molar-refractivity contribution in [2.75, 3.05) is 19.0 Å². The molecule has 1 atom stereocenters. The molecular formula is C17H21ClN2O2. The molecule has 1 aliphatic heterocycles. The van der Waals surface area contributed by atoms with Gasteiger partial charge in [-0.05, 0) is 31.4 Å². The number of benzene rings is 1. The Morgan fingerprint density at radius 3 is 3.09 bits per heavy atom. The van der Waals surface area contributed by atoms with Gasteiger partial charge in [0.15, 0.2) is 0 Å². The number of aromatic amines is 1. The number of halogens is 1. The van der Waals surface area contributed by atoms with Crippen LogP contribution in [0.5, 0.6) is 0 Å². The highest BCUT2D eigenvalue weighted by Gasteiger charge is 2.36. The molecule has 1 amide bonds. The first-order valence-electron chi connectivity index (χ1n) is 7.71. The van der Waals surface area contributed by atoms with Gasteiger partial charge in [-0.15, -0.1) is 11.6 Å². The predicted molar refractivity (Wildman–Crippen MR) is 88.3 cm³/mol. The number of hydrogen-bond acceptors (Lipinski definition) is 2. The van der Waals surface area contributed by atoms with E-state index in [1.807, 2.05) is 13.0 Å². The fourth-order valence-electron chi connectivity index (χ4n) is 3.08. The van der Waals surface area contributed by atoms with Crippen LogP contribution in [0.15, 0.2) is 24.3 Å². The maximum absolute atomic E-state index is 11.8. The standard InChI is InChI=1S/C17H21ClN2O2/c1-17(11-19-15(21)7-4-9-18)16-13(8-10-22-17)12-5-2-3-6-14(12)20-16/h2-3,5-6,20H,4,7-11H2,1H3,(H,19,21). The van der Waals surface area contributed by atoms with Crippen LogP contribution in [0.4, 0.5) is 0 Å². The van der Waals surface area contributed by atoms with E-state index in [0.29, 0.717) is 31.9 Å². The van der Waals surface area contributed by atoms with Gasteiger partial charge in [0.2, 0.25) is 5.91 Å². The summed E-state index contributed by atoms with van der Waals surface area (Å²) in [5.41, 5.74) is 3.00. The van der Waals surface area contributed by atoms with E-state index in [-0.39, 0.29) is 5.91 Å². The van der Waals surface area contributed by atoms with Crippen LogP contribution in [0.3, 0.4) is 0 Å². The number of amides is 1. The quantitative estimate of drug-likeness (QED) is 0.832. The molecule has 2 heterocycles. The van der Waals surface area contributed by atoms with Crippen molar-refractivity contribution in [3.8, 4) is 0 Å². The molecule has 0 radical (unpaired) electrons. The summed E-state index contributed by atoms with van der Waals surface area (Å²) in [7, 11) is 0. The van der Waals surface area contributed by atoms with Crippen molar-refractivity contribution in [2.45, 2.75) is 31.8 Å². The Labute approximate surface area is 135 Å². The number of carbonyl (C=O) groups is 1. The van der Waals surface area contributed by atoms with Crippen molar-refractivity contribution >= 4 is 28.4 Å². The highest BCUT2D eigenvalue weighted by Crippen LogP contribution is 2.36. The molecule has 0 saturated heterocycles. The minimum Gasteiger partial charge on any atom is -0.367 e. The number of nitrogens with one attached hydrogen (secondary N) is 2. The highest BCUT2D eigenvalue weighted by atomic mass is 35.5. The van der Waals surface area contributed by atoms with Gasteiger partial charge in [-0.1, -0.05) is 18.2 Å². The molecule has 0 fully saturated rings. The number of ether oxygens (including phenoxy) is 1. The Balaban J connectivity index is 1.82. The first-order chi connectivity index (χ1) is 10.6. The van der Waals surface area contributed by atoms with Gasteiger partial charge in [0, 0.05) is 23.2 Å². The van der Waals surface area contributed by atoms with Crippen LogP contribution in [-0.2, 0) is 21.6 Å². The largest absolute Gasteiger partial charge is 0.367 e. The first kappa shape index (κ1) is 15.4. The topological polar surface area (TPSA) is 54.1 Å². The summed E-state index contributed by atoms with van der Waals surface area (Å²) < 4.78 is 6.00. The average molecular weight is 321 g/mol. The number of H-pyrrole nitrogens is 1. The minimum atomic E-state index is -0.511. The van der Waals surface area contributed by atoms with Gasteiger partial charge in [-0.2, -0.15) is 0 Å². The number of aromatic nitrogens is 1. The molecule has 2 aromatic rings. The van der Waals surface area contributed by atoms with Crippen LogP contribution in [0, 0.1) is 0 Å². The number of rotatable bonds is 5. The first-order valence-corrected chi connectivity index (χ1v) is 8.24. The molecule has 2 N–H and O–H groups in total. The lowest BCUT2D eigenvalue weighted by molar-refractivity contribution is -0.123. The van der Waals surface area contributed by atoms with Gasteiger partial charge in [0.25, 0.3) is 0 Å². The van der Waals surface area contributed by atoms with Crippen LogP contribution in [0.1, 0.15) is 31.0 Å². The van der Waals surface area contributed by atoms with Crippen molar-refractivity contribution < 1.29 is 9.53 Å². The van der Waals surface area contributed by atoms with E-state index in [1.54, 1.807) is 0 Å². The van der Waals surface area contributed by atoms with Crippen molar-refractivity contribution in [2.24, 2.45) is 0 Å². The summed E-state index contributed by atoms with van der Waals surface area (Å²) in [6.45, 7) is 3.17. The van der Waals surface area contributed by atoms with E-state index in [1.165, 1.54) is 10.9 Å². The van der Waals surface area contributed by atoms with E-state index in [4.69, 9.17) is 16.3 Å². The number of alkyl halides is 1. The van der Waals surface area contributed by atoms with Crippen LogP contribution in [0.2, 0.25) is 0 Å². The van der Waals surface area contributed by atoms with E-state index < -0.39 is 5.60 Å². The summed E-state index contributed by atoms with van der Waals surface area (Å²) in [4.78, 5) is 15.3. The lowest BCUT2D eigenvalue weighted by Gasteiger charge is -2.34. The normalized spacial score (nSPS) is 20.8. The molecule has 22 heavy (non-hydrogen) atoms. The molecule has 3 rings (SSSR count). The summed E-state index contributed by atoms with van der Waals surface area (Å²) in [5.74, 6) is 0.529. The number of para-hydroxylation sites is 1. The summed E-state index contributed by atoms with van der Waals surface area (Å²) in [5, 5.41) is 4.22. The third-order valence-electron chi connectivity index (χ3n) is 4.28. The summed E-state index contributed by atoms with van der Waals surface area (Å²) in [6, 6.07) is 8.29. The van der Waals surface area contributed by atoms with Crippen LogP contribution < -0.4 is 5.32 Å². The SMILES string of the molecule is CC1(CNC(=O)CCCCl)OCCc2c1[nH]c1ccccc21. The second-order valence-electron chi connectivity index (χ2n) is 5.92. The van der Waals surface area contributed by atoms with Crippen LogP contribution in [0.25, 0.3) is 10.9 Å². The number of hydrogen-bond donors (Lipinski definition) is 2. The van der Waals surface area contributed by atoms with Gasteiger partial charge in [0.05, 0.1) is 18.8 Å². The summed E-state index contributed by atoms with van der Waals surface area (Å²) in [6.07, 6.45) is 2.05. The summed E-state index contributed by atoms with van der Waals surface area (Å²) >= 11 is 5.62. The maximum atomic E-state index is 11.8. The Morgan fingerprint density at radius 1 is 1.45 bits per heavy atom. The Kier molecular flexibility index (Phi) is 4.41. The van der Waals surface area contributed by atoms with Crippen molar-refractivity contribution in [3.63, 3.8) is 0 Å². The lowest BCUT2D eigenvalue weighted by Crippen LogP contribution is -2.43. The maximum Gasteiger partial charge on any atom is 0.220 e. The zero-order valence-electron chi connectivity index (χ0n) is 12.7. The van der Waals surface area contributed by atoms with Crippen LogP contribution >= 0.6 is 11.6 Å². The van der Waals surface area contributed by atoms with Crippen molar-refractivity contribution in [1.82, 2.24) is 10.3 Å². The van der Waals surface area contributed by atoms with Gasteiger partial charge < -0.3 is 15.0 Å². The number of carbonyl (C=O) groups excluding carboxylic acids is 1. The fraction of sp³-hybridized carbons (Fsp3) is 0.471. The molecule has 0 spiro atoms. The van der Waals surface area contributed by atoms with Gasteiger partial charge >= 0.3 is 0 Å². The average Bonchev–Trinajstić information content (AvgIpc) is 2.92. The van der Waals surface area contributed by atoms with E-state index in [9.17, 15) is 4.79 Å². The molecule has 5 heteroatoms. The van der Waals surface area contributed by atoms with Crippen LogP contribution in [-0.4, -0.2) is 29.9 Å². The second kappa shape index (κ2) is 6.31. The third-order valence-corrected chi connectivity index (χ3v) is 4.54. The molecule has 1 aromatic heterocycles. The van der Waals surface area contributed by atoms with Crippen molar-refractivity contribution in [3.05, 3.63) is 35.5 Å². The third kappa shape index (κ3) is 2.85. The van der Waals surface area contributed by atoms with Crippen molar-refractivity contribution in [1.29, 1.82) is 0 Å². The smallest absolute Gasteiger partial charge is 0.220 e. The second-order valence-corrected chi connectivity index (χ2v) is 6.30. The number of fused-ring (bicyclic) bond motifs is 3. The van der Waals surface area contributed by atoms with E-state index in [0.717, 1.165) is 17.6 Å². The molecular weight excluding hydrogens is 300 g/mol. The monoisotopic (exact) mass is 320 g/mol. The van der Waals surface area contributed by atoms with Gasteiger partial charge in [-0.3, -0.25) is 4.79 Å². The predicted octanol–water partition coefficient (Wildman–Crippen LogP) is 3.09.